The second-order valence-corrected chi connectivity index (χ2v) is 9.22. The Labute approximate surface area is 246 Å². The number of ether oxygens (including phenoxy) is 5. The topological polar surface area (TPSA) is 122 Å². The van der Waals surface area contributed by atoms with Crippen molar-refractivity contribution < 1.29 is 64.4 Å². The van der Waals surface area contributed by atoms with Crippen LogP contribution in [0.3, 0.4) is 0 Å². The van der Waals surface area contributed by atoms with Gasteiger partial charge < -0.3 is 23.7 Å². The van der Waals surface area contributed by atoms with Crippen LogP contribution < -0.4 is 0 Å². The Bertz CT molecular complexity index is 1380. The summed E-state index contributed by atoms with van der Waals surface area (Å²) in [6.07, 6.45) is -16.6. The molecular weight excluding hydrogens is 606 g/mol. The molecule has 0 amide bonds. The molecule has 0 N–H and O–H groups in total. The number of aliphatic imine (C=N–C) groups is 2. The fourth-order valence-electron chi connectivity index (χ4n) is 4.06. The predicted molar refractivity (Wildman–Crippen MR) is 140 cm³/mol. The fourth-order valence-corrected chi connectivity index (χ4v) is 4.06. The third kappa shape index (κ3) is 9.52. The first-order chi connectivity index (χ1) is 20.6. The van der Waals surface area contributed by atoms with E-state index in [0.29, 0.717) is 6.21 Å². The molecule has 0 bridgehead atoms. The molecule has 5 atom stereocenters. The maximum absolute atomic E-state index is 14.1. The third-order valence-corrected chi connectivity index (χ3v) is 5.78. The number of alkyl halides is 6. The molecule has 1 aliphatic rings. The van der Waals surface area contributed by atoms with Crippen LogP contribution in [0.5, 0.6) is 0 Å². The Morgan fingerprint density at radius 1 is 0.818 bits per heavy atom. The molecule has 1 fully saturated rings. The molecule has 238 valence electrons. The highest BCUT2D eigenvalue weighted by atomic mass is 19.4. The minimum absolute atomic E-state index is 0.180. The number of benzene rings is 2. The molecular formula is C28H26F6N2O8. The summed E-state index contributed by atoms with van der Waals surface area (Å²) in [6, 6.07) is 9.11. The lowest BCUT2D eigenvalue weighted by atomic mass is 9.96. The van der Waals surface area contributed by atoms with Crippen LogP contribution in [0, 0.1) is 0 Å². The highest BCUT2D eigenvalue weighted by molar-refractivity contribution is 5.85. The van der Waals surface area contributed by atoms with E-state index in [2.05, 4.69) is 9.98 Å². The average molecular weight is 633 g/mol. The second kappa shape index (κ2) is 14.3. The first-order valence-electron chi connectivity index (χ1n) is 12.8. The van der Waals surface area contributed by atoms with E-state index in [1.807, 2.05) is 0 Å². The first-order valence-corrected chi connectivity index (χ1v) is 12.8. The summed E-state index contributed by atoms with van der Waals surface area (Å²) in [4.78, 5) is 43.1. The molecule has 2 aromatic rings. The third-order valence-electron chi connectivity index (χ3n) is 5.78. The zero-order valence-electron chi connectivity index (χ0n) is 23.3. The van der Waals surface area contributed by atoms with Gasteiger partial charge in [-0.2, -0.15) is 26.3 Å². The molecule has 0 aromatic heterocycles. The molecule has 0 saturated carbocycles. The molecule has 3 rings (SSSR count). The van der Waals surface area contributed by atoms with Crippen molar-refractivity contribution in [2.45, 2.75) is 63.8 Å². The molecule has 0 unspecified atom stereocenters. The van der Waals surface area contributed by atoms with Gasteiger partial charge in [-0.3, -0.25) is 19.4 Å². The minimum Gasteiger partial charge on any atom is -0.463 e. The smallest absolute Gasteiger partial charge is 0.463 e. The van der Waals surface area contributed by atoms with Crippen molar-refractivity contribution in [2.24, 2.45) is 9.98 Å². The van der Waals surface area contributed by atoms with Gasteiger partial charge in [0.25, 0.3) is 5.90 Å². The molecule has 10 nitrogen and oxygen atoms in total. The molecule has 1 aliphatic heterocycles. The maximum atomic E-state index is 14.1. The number of halogens is 6. The van der Waals surface area contributed by atoms with E-state index in [0.717, 1.165) is 39.0 Å². The van der Waals surface area contributed by atoms with Crippen molar-refractivity contribution >= 4 is 35.7 Å². The highest BCUT2D eigenvalue weighted by Crippen LogP contribution is 2.34. The van der Waals surface area contributed by atoms with E-state index in [9.17, 15) is 40.7 Å². The van der Waals surface area contributed by atoms with E-state index < -0.39 is 84.5 Å². The van der Waals surface area contributed by atoms with E-state index in [4.69, 9.17) is 23.7 Å². The van der Waals surface area contributed by atoms with Gasteiger partial charge in [-0.15, -0.1) is 0 Å². The number of carbonyl (C=O) groups is 3. The summed E-state index contributed by atoms with van der Waals surface area (Å²) >= 11 is 0. The first kappa shape index (κ1) is 34.0. The molecule has 0 radical (unpaired) electrons. The molecule has 44 heavy (non-hydrogen) atoms. The average Bonchev–Trinajstić information content (AvgIpc) is 2.91. The van der Waals surface area contributed by atoms with Gasteiger partial charge in [0.15, 0.2) is 18.2 Å². The zero-order chi connectivity index (χ0) is 32.7. The molecule has 16 heteroatoms. The van der Waals surface area contributed by atoms with Gasteiger partial charge in [0.2, 0.25) is 6.29 Å². The van der Waals surface area contributed by atoms with Crippen molar-refractivity contribution in [1.29, 1.82) is 0 Å². The van der Waals surface area contributed by atoms with Crippen LogP contribution in [0.15, 0.2) is 64.6 Å². The minimum atomic E-state index is -5.23. The van der Waals surface area contributed by atoms with Crippen LogP contribution in [0.1, 0.15) is 31.9 Å². The monoisotopic (exact) mass is 632 g/mol. The predicted octanol–water partition coefficient (Wildman–Crippen LogP) is 4.95. The van der Waals surface area contributed by atoms with Gasteiger partial charge in [0.05, 0.1) is 11.3 Å². The number of esters is 3. The second-order valence-electron chi connectivity index (χ2n) is 9.22. The number of carbonyl (C=O) groups excluding carboxylic acids is 3. The van der Waals surface area contributed by atoms with Crippen LogP contribution in [0.4, 0.5) is 32.0 Å². The van der Waals surface area contributed by atoms with Crippen molar-refractivity contribution in [3.8, 4) is 0 Å². The number of rotatable bonds is 8. The van der Waals surface area contributed by atoms with Gasteiger partial charge in [-0.25, -0.2) is 4.99 Å². The van der Waals surface area contributed by atoms with E-state index in [1.54, 1.807) is 0 Å². The van der Waals surface area contributed by atoms with Crippen LogP contribution in [-0.4, -0.2) is 73.4 Å². The normalized spacial score (nSPS) is 22.8. The molecule has 2 aromatic carbocycles. The van der Waals surface area contributed by atoms with Crippen molar-refractivity contribution in [2.75, 3.05) is 6.61 Å². The van der Waals surface area contributed by atoms with Crippen molar-refractivity contribution in [1.82, 2.24) is 0 Å². The summed E-state index contributed by atoms with van der Waals surface area (Å²) in [5.41, 5.74) is -1.81. The van der Waals surface area contributed by atoms with Gasteiger partial charge in [0.1, 0.15) is 12.7 Å². The zero-order valence-corrected chi connectivity index (χ0v) is 23.3. The van der Waals surface area contributed by atoms with Gasteiger partial charge in [-0.05, 0) is 18.2 Å². The summed E-state index contributed by atoms with van der Waals surface area (Å²) in [6.45, 7) is 2.19. The Kier molecular flexibility index (Phi) is 11.1. The lowest BCUT2D eigenvalue weighted by Crippen LogP contribution is -2.62. The van der Waals surface area contributed by atoms with Crippen LogP contribution in [-0.2, 0) is 44.2 Å². The van der Waals surface area contributed by atoms with E-state index in [-0.39, 0.29) is 5.69 Å². The van der Waals surface area contributed by atoms with Gasteiger partial charge >= 0.3 is 30.3 Å². The van der Waals surface area contributed by atoms with Gasteiger partial charge in [0, 0.05) is 32.5 Å². The molecule has 0 spiro atoms. The van der Waals surface area contributed by atoms with Crippen LogP contribution >= 0.6 is 0 Å². The van der Waals surface area contributed by atoms with Gasteiger partial charge in [-0.1, -0.05) is 36.4 Å². The van der Waals surface area contributed by atoms with E-state index >= 15 is 0 Å². The Morgan fingerprint density at radius 3 is 1.98 bits per heavy atom. The number of para-hydroxylation sites is 1. The highest BCUT2D eigenvalue weighted by Gasteiger charge is 2.53. The Morgan fingerprint density at radius 2 is 1.41 bits per heavy atom. The quantitative estimate of drug-likeness (QED) is 0.132. The SMILES string of the molecule is CC(=O)OC[C@H]1O[C@H](OC(=Nc2ccccc2)C(F)(F)F)[C@H](N=Cc2ccccc2C(F)(F)F)[C@@H](OC(C)=O)[C@@H]1OC(C)=O. The Balaban J connectivity index is 2.18. The molecule has 0 aliphatic carbocycles. The maximum Gasteiger partial charge on any atom is 0.468 e. The van der Waals surface area contributed by atoms with E-state index in [1.165, 1.54) is 36.4 Å². The molecule has 1 heterocycles. The molecule has 1 saturated heterocycles. The summed E-state index contributed by atoms with van der Waals surface area (Å²) in [5, 5.41) is 0. The number of nitrogens with zero attached hydrogens (tertiary/aromatic N) is 2. The summed E-state index contributed by atoms with van der Waals surface area (Å²) < 4.78 is 110. The Hall–Kier alpha value is -4.47. The van der Waals surface area contributed by atoms with Crippen molar-refractivity contribution in [3.63, 3.8) is 0 Å². The number of hydrogen-bond donors (Lipinski definition) is 0. The lowest BCUT2D eigenvalue weighted by molar-refractivity contribution is -0.260. The largest absolute Gasteiger partial charge is 0.468 e. The standard InChI is InChI=1S/C28H26F6N2O8/c1-15(37)40-14-21-23(41-16(2)38)24(42-17(3)39)22(35-13-18-9-7-8-12-20(18)27(29,30)31)25(43-21)44-26(28(32,33)34)36-19-10-5-4-6-11-19/h4-13,21-25H,14H2,1-3H3/t21-,22-,23-,24-,25-/m1/s1. The van der Waals surface area contributed by atoms with Crippen molar-refractivity contribution in [3.05, 3.63) is 65.7 Å². The fraction of sp³-hybridized carbons (Fsp3) is 0.393. The van der Waals surface area contributed by atoms with Crippen LogP contribution in [0.2, 0.25) is 0 Å². The summed E-state index contributed by atoms with van der Waals surface area (Å²) in [7, 11) is 0. The summed E-state index contributed by atoms with van der Waals surface area (Å²) in [5.74, 6) is -4.68. The van der Waals surface area contributed by atoms with Crippen LogP contribution in [0.25, 0.3) is 0 Å². The lowest BCUT2D eigenvalue weighted by Gasteiger charge is -2.43. The number of hydrogen-bond acceptors (Lipinski definition) is 10.